The number of nitrogens with one attached hydrogen (secondary N) is 1. The number of halogens is 1. The summed E-state index contributed by atoms with van der Waals surface area (Å²) >= 11 is 0. The van der Waals surface area contributed by atoms with Crippen LogP contribution in [0.15, 0.2) is 18.3 Å². The Bertz CT molecular complexity index is 400. The predicted molar refractivity (Wildman–Crippen MR) is 88.6 cm³/mol. The average Bonchev–Trinajstić information content (AvgIpc) is 2.55. The van der Waals surface area contributed by atoms with E-state index in [9.17, 15) is 0 Å². The van der Waals surface area contributed by atoms with E-state index < -0.39 is 0 Å². The number of hydrogen-bond acceptors (Lipinski definition) is 4. The Hall–Kier alpha value is -1.00. The fraction of sp³-hybridized carbons (Fsp3) is 0.688. The van der Waals surface area contributed by atoms with Gasteiger partial charge >= 0.3 is 0 Å². The van der Waals surface area contributed by atoms with Crippen molar-refractivity contribution in [3.05, 3.63) is 18.3 Å². The number of aromatic nitrogens is 1. The zero-order chi connectivity index (χ0) is 13.6. The van der Waals surface area contributed by atoms with Crippen molar-refractivity contribution in [2.45, 2.75) is 32.1 Å². The van der Waals surface area contributed by atoms with E-state index in [1.807, 2.05) is 6.20 Å². The first-order chi connectivity index (χ1) is 9.92. The molecular weight excluding hydrogens is 286 g/mol. The number of pyridine rings is 1. The molecule has 1 N–H and O–H groups in total. The van der Waals surface area contributed by atoms with Crippen molar-refractivity contribution in [3.8, 4) is 5.75 Å². The van der Waals surface area contributed by atoms with Crippen LogP contribution in [0.2, 0.25) is 0 Å². The van der Waals surface area contributed by atoms with Crippen LogP contribution in [0.3, 0.4) is 0 Å². The Balaban J connectivity index is 0.00000161. The fourth-order valence-electron chi connectivity index (χ4n) is 3.03. The van der Waals surface area contributed by atoms with Crippen molar-refractivity contribution in [2.24, 2.45) is 5.92 Å². The molecule has 0 amide bonds. The second-order valence-electron chi connectivity index (χ2n) is 5.90. The molecule has 21 heavy (non-hydrogen) atoms. The zero-order valence-electron chi connectivity index (χ0n) is 12.6. The molecule has 0 atom stereocenters. The van der Waals surface area contributed by atoms with Crippen molar-refractivity contribution >= 4 is 18.2 Å². The van der Waals surface area contributed by atoms with E-state index in [2.05, 4.69) is 27.3 Å². The molecule has 2 fully saturated rings. The standard InChI is InChI=1S/C16H25N3O.ClH/c1-2-10-19(11-3-1)16-5-4-15(12-18-16)20-13-14-6-8-17-9-7-14;/h4-5,12,14,17H,1-3,6-11,13H2;1H. The van der Waals surface area contributed by atoms with Gasteiger partial charge in [-0.15, -0.1) is 12.4 Å². The topological polar surface area (TPSA) is 37.4 Å². The van der Waals surface area contributed by atoms with Crippen molar-refractivity contribution in [1.82, 2.24) is 10.3 Å². The minimum Gasteiger partial charge on any atom is -0.492 e. The van der Waals surface area contributed by atoms with Crippen LogP contribution in [-0.2, 0) is 0 Å². The van der Waals surface area contributed by atoms with Gasteiger partial charge in [0.05, 0.1) is 12.8 Å². The Morgan fingerprint density at radius 2 is 1.90 bits per heavy atom. The maximum absolute atomic E-state index is 5.88. The van der Waals surface area contributed by atoms with E-state index in [0.29, 0.717) is 5.92 Å². The van der Waals surface area contributed by atoms with E-state index in [1.54, 1.807) is 0 Å². The highest BCUT2D eigenvalue weighted by Crippen LogP contribution is 2.21. The number of nitrogens with zero attached hydrogens (tertiary/aromatic N) is 2. The van der Waals surface area contributed by atoms with E-state index in [-0.39, 0.29) is 12.4 Å². The first-order valence-corrected chi connectivity index (χ1v) is 7.96. The summed E-state index contributed by atoms with van der Waals surface area (Å²) in [7, 11) is 0. The van der Waals surface area contributed by atoms with Gasteiger partial charge in [-0.05, 0) is 63.2 Å². The quantitative estimate of drug-likeness (QED) is 0.928. The lowest BCUT2D eigenvalue weighted by Gasteiger charge is -2.27. The largest absolute Gasteiger partial charge is 0.492 e. The molecular formula is C16H26ClN3O. The first kappa shape index (κ1) is 16.4. The minimum absolute atomic E-state index is 0. The van der Waals surface area contributed by atoms with Crippen molar-refractivity contribution < 1.29 is 4.74 Å². The highest BCUT2D eigenvalue weighted by Gasteiger charge is 2.14. The fourth-order valence-corrected chi connectivity index (χ4v) is 3.03. The summed E-state index contributed by atoms with van der Waals surface area (Å²) in [6.07, 6.45) is 8.25. The van der Waals surface area contributed by atoms with Gasteiger partial charge < -0.3 is 15.0 Å². The monoisotopic (exact) mass is 311 g/mol. The predicted octanol–water partition coefficient (Wildman–Crippen LogP) is 2.87. The van der Waals surface area contributed by atoms with Gasteiger partial charge in [0.25, 0.3) is 0 Å². The maximum Gasteiger partial charge on any atom is 0.137 e. The summed E-state index contributed by atoms with van der Waals surface area (Å²) < 4.78 is 5.88. The molecule has 0 spiro atoms. The zero-order valence-corrected chi connectivity index (χ0v) is 13.4. The van der Waals surface area contributed by atoms with Crippen LogP contribution in [0.5, 0.6) is 5.75 Å². The molecule has 4 nitrogen and oxygen atoms in total. The lowest BCUT2D eigenvalue weighted by Crippen LogP contribution is -2.30. The molecule has 118 valence electrons. The normalized spacial score (nSPS) is 19.9. The lowest BCUT2D eigenvalue weighted by molar-refractivity contribution is 0.214. The summed E-state index contributed by atoms with van der Waals surface area (Å²) in [5, 5.41) is 3.38. The Labute approximate surface area is 133 Å². The summed E-state index contributed by atoms with van der Waals surface area (Å²) in [4.78, 5) is 6.93. The number of anilines is 1. The van der Waals surface area contributed by atoms with Gasteiger partial charge in [0.2, 0.25) is 0 Å². The third kappa shape index (κ3) is 4.75. The molecule has 0 aliphatic carbocycles. The van der Waals surface area contributed by atoms with Gasteiger partial charge in [0.15, 0.2) is 0 Å². The molecule has 1 aromatic heterocycles. The van der Waals surface area contributed by atoms with Gasteiger partial charge in [-0.3, -0.25) is 0 Å². The first-order valence-electron chi connectivity index (χ1n) is 7.96. The van der Waals surface area contributed by atoms with Crippen LogP contribution >= 0.6 is 12.4 Å². The Kier molecular flexibility index (Phi) is 6.58. The van der Waals surface area contributed by atoms with Crippen LogP contribution < -0.4 is 15.0 Å². The molecule has 0 radical (unpaired) electrons. The second-order valence-corrected chi connectivity index (χ2v) is 5.90. The van der Waals surface area contributed by atoms with Crippen molar-refractivity contribution in [2.75, 3.05) is 37.7 Å². The highest BCUT2D eigenvalue weighted by molar-refractivity contribution is 5.85. The number of ether oxygens (including phenoxy) is 1. The lowest BCUT2D eigenvalue weighted by atomic mass is 9.99. The van der Waals surface area contributed by atoms with Gasteiger partial charge in [-0.2, -0.15) is 0 Å². The van der Waals surface area contributed by atoms with Gasteiger partial charge in [-0.1, -0.05) is 0 Å². The molecule has 3 heterocycles. The van der Waals surface area contributed by atoms with Crippen LogP contribution in [0.1, 0.15) is 32.1 Å². The van der Waals surface area contributed by atoms with E-state index in [0.717, 1.165) is 44.4 Å². The molecule has 3 rings (SSSR count). The average molecular weight is 312 g/mol. The van der Waals surface area contributed by atoms with Crippen LogP contribution in [0.25, 0.3) is 0 Å². The molecule has 0 aromatic carbocycles. The van der Waals surface area contributed by atoms with Crippen LogP contribution in [0, 0.1) is 5.92 Å². The highest BCUT2D eigenvalue weighted by atomic mass is 35.5. The molecule has 2 saturated heterocycles. The SMILES string of the molecule is Cl.c1cc(N2CCCCC2)ncc1OCC1CCNCC1. The molecule has 2 aliphatic rings. The molecule has 0 bridgehead atoms. The Morgan fingerprint density at radius 3 is 2.57 bits per heavy atom. The van der Waals surface area contributed by atoms with Crippen molar-refractivity contribution in [3.63, 3.8) is 0 Å². The second kappa shape index (κ2) is 8.44. The smallest absolute Gasteiger partial charge is 0.137 e. The number of piperidine rings is 2. The molecule has 5 heteroatoms. The molecule has 0 saturated carbocycles. The molecule has 1 aromatic rings. The summed E-state index contributed by atoms with van der Waals surface area (Å²) in [5.41, 5.74) is 0. The van der Waals surface area contributed by atoms with E-state index in [4.69, 9.17) is 4.74 Å². The minimum atomic E-state index is 0. The van der Waals surface area contributed by atoms with Crippen LogP contribution in [0.4, 0.5) is 5.82 Å². The third-order valence-electron chi connectivity index (χ3n) is 4.35. The van der Waals surface area contributed by atoms with Gasteiger partial charge in [0.1, 0.15) is 11.6 Å². The third-order valence-corrected chi connectivity index (χ3v) is 4.35. The van der Waals surface area contributed by atoms with E-state index >= 15 is 0 Å². The molecule has 2 aliphatic heterocycles. The van der Waals surface area contributed by atoms with Gasteiger partial charge in [0, 0.05) is 13.1 Å². The van der Waals surface area contributed by atoms with Gasteiger partial charge in [-0.25, -0.2) is 4.98 Å². The van der Waals surface area contributed by atoms with Crippen LogP contribution in [-0.4, -0.2) is 37.8 Å². The van der Waals surface area contributed by atoms with E-state index in [1.165, 1.54) is 32.1 Å². The maximum atomic E-state index is 5.88. The Morgan fingerprint density at radius 1 is 1.14 bits per heavy atom. The number of rotatable bonds is 4. The summed E-state index contributed by atoms with van der Waals surface area (Å²) in [6.45, 7) is 5.36. The summed E-state index contributed by atoms with van der Waals surface area (Å²) in [5.74, 6) is 2.70. The summed E-state index contributed by atoms with van der Waals surface area (Å²) in [6, 6.07) is 4.17. The molecule has 0 unspecified atom stereocenters. The number of hydrogen-bond donors (Lipinski definition) is 1. The van der Waals surface area contributed by atoms with Crippen molar-refractivity contribution in [1.29, 1.82) is 0 Å².